The lowest BCUT2D eigenvalue weighted by molar-refractivity contribution is 0.874. The summed E-state index contributed by atoms with van der Waals surface area (Å²) in [5.74, 6) is 0. The summed E-state index contributed by atoms with van der Waals surface area (Å²) in [6.07, 6.45) is 6.37. The normalized spacial score (nSPS) is 12.6. The van der Waals surface area contributed by atoms with E-state index >= 15 is 0 Å². The Morgan fingerprint density at radius 1 is 1.25 bits per heavy atom. The van der Waals surface area contributed by atoms with Crippen LogP contribution in [0, 0.1) is 0 Å². The van der Waals surface area contributed by atoms with Crippen LogP contribution in [0.1, 0.15) is 26.3 Å². The van der Waals surface area contributed by atoms with Crippen molar-refractivity contribution in [2.24, 2.45) is 4.99 Å². The molecule has 0 saturated heterocycles. The van der Waals surface area contributed by atoms with Crippen molar-refractivity contribution in [1.29, 1.82) is 0 Å². The number of hydrogen-bond donors (Lipinski definition) is 0. The summed E-state index contributed by atoms with van der Waals surface area (Å²) < 4.78 is 2.75. The molecule has 2 rings (SSSR count). The molecule has 0 atom stereocenters. The predicted octanol–water partition coefficient (Wildman–Crippen LogP) is 5.19. The number of hydrogen-bond acceptors (Lipinski definition) is 4. The molecule has 0 aliphatic carbocycles. The van der Waals surface area contributed by atoms with Crippen LogP contribution < -0.4 is 0 Å². The second-order valence-corrected chi connectivity index (χ2v) is 13.0. The van der Waals surface area contributed by atoms with Gasteiger partial charge in [0.05, 0.1) is 18.8 Å². The van der Waals surface area contributed by atoms with E-state index in [0.717, 1.165) is 26.9 Å². The Morgan fingerprint density at radius 2 is 1.96 bits per heavy atom. The average Bonchev–Trinajstić information content (AvgIpc) is 3.14. The van der Waals surface area contributed by atoms with Gasteiger partial charge in [0.2, 0.25) is 0 Å². The number of benzene rings is 1. The fourth-order valence-corrected chi connectivity index (χ4v) is 6.65. The van der Waals surface area contributed by atoms with Crippen molar-refractivity contribution in [3.05, 3.63) is 40.9 Å². The number of rotatable bonds is 7. The van der Waals surface area contributed by atoms with Gasteiger partial charge in [-0.2, -0.15) is 5.10 Å². The molecule has 0 N–H and O–H groups in total. The Labute approximate surface area is 158 Å². The van der Waals surface area contributed by atoms with Gasteiger partial charge in [-0.3, -0.25) is 4.99 Å². The number of nitrogens with zero attached hydrogens (tertiary/aromatic N) is 4. The third-order valence-electron chi connectivity index (χ3n) is 4.86. The average molecular weight is 425 g/mol. The van der Waals surface area contributed by atoms with E-state index in [0.29, 0.717) is 0 Å². The largest absolute Gasteiger partial charge is 0.281 e. The van der Waals surface area contributed by atoms with Crippen molar-refractivity contribution in [3.63, 3.8) is 0 Å². The molecular weight excluding hydrogens is 400 g/mol. The minimum absolute atomic E-state index is 0.982. The zero-order valence-electron chi connectivity index (χ0n) is 14.8. The van der Waals surface area contributed by atoms with Gasteiger partial charge in [0.25, 0.3) is 0 Å². The molecule has 130 valence electrons. The first-order valence-corrected chi connectivity index (χ1v) is 13.2. The van der Waals surface area contributed by atoms with Crippen LogP contribution in [0.4, 0.5) is 0 Å². The van der Waals surface area contributed by atoms with Crippen molar-refractivity contribution < 1.29 is 0 Å². The van der Waals surface area contributed by atoms with Crippen molar-refractivity contribution in [3.8, 4) is 5.69 Å². The van der Waals surface area contributed by atoms with Crippen LogP contribution in [0.25, 0.3) is 5.69 Å². The molecule has 0 aliphatic heterocycles. The number of aromatic nitrogens is 3. The maximum absolute atomic E-state index is 5.02. The Bertz CT molecular complexity index is 676. The van der Waals surface area contributed by atoms with Gasteiger partial charge in [0, 0.05) is 16.2 Å². The SMILES string of the molecule is CC[Si](CC)(CC)CN=C(SC)c1ccc(-n2cncn2)c(Br)c1. The quantitative estimate of drug-likeness (QED) is 0.348. The molecule has 0 bridgehead atoms. The predicted molar refractivity (Wildman–Crippen MR) is 111 cm³/mol. The molecule has 4 nitrogen and oxygen atoms in total. The standard InChI is InChI=1S/C17H25BrN4SSi/c1-5-24(6-2,7-3)13-20-17(23-4)14-8-9-16(15(18)10-14)22-12-19-11-21-22/h8-12H,5-7,13H2,1-4H3. The van der Waals surface area contributed by atoms with Crippen LogP contribution in [-0.4, -0.2) is 40.3 Å². The van der Waals surface area contributed by atoms with E-state index in [4.69, 9.17) is 4.99 Å². The minimum atomic E-state index is -1.23. The Balaban J connectivity index is 2.28. The van der Waals surface area contributed by atoms with Crippen LogP contribution in [0.15, 0.2) is 40.3 Å². The highest BCUT2D eigenvalue weighted by Crippen LogP contribution is 2.25. The van der Waals surface area contributed by atoms with Crippen LogP contribution in [-0.2, 0) is 0 Å². The van der Waals surface area contributed by atoms with Gasteiger partial charge >= 0.3 is 0 Å². The van der Waals surface area contributed by atoms with E-state index in [9.17, 15) is 0 Å². The summed E-state index contributed by atoms with van der Waals surface area (Å²) in [5, 5.41) is 5.31. The van der Waals surface area contributed by atoms with Gasteiger partial charge in [-0.1, -0.05) is 45.0 Å². The fourth-order valence-electron chi connectivity index (χ4n) is 2.76. The molecule has 2 aromatic rings. The van der Waals surface area contributed by atoms with Crippen LogP contribution >= 0.6 is 27.7 Å². The van der Waals surface area contributed by atoms with E-state index in [2.05, 4.69) is 71.2 Å². The molecule has 24 heavy (non-hydrogen) atoms. The molecule has 0 fully saturated rings. The van der Waals surface area contributed by atoms with Gasteiger partial charge in [-0.15, -0.1) is 11.8 Å². The van der Waals surface area contributed by atoms with E-state index in [-0.39, 0.29) is 0 Å². The highest BCUT2D eigenvalue weighted by atomic mass is 79.9. The molecule has 0 spiro atoms. The molecule has 0 amide bonds. The van der Waals surface area contributed by atoms with Gasteiger partial charge in [-0.25, -0.2) is 9.67 Å². The van der Waals surface area contributed by atoms with E-state index in [1.54, 1.807) is 29.1 Å². The first-order valence-electron chi connectivity index (χ1n) is 8.32. The number of thioether (sulfide) groups is 1. The lowest BCUT2D eigenvalue weighted by atomic mass is 10.2. The van der Waals surface area contributed by atoms with Crippen LogP contribution in [0.3, 0.4) is 0 Å². The Hall–Kier alpha value is -0.923. The van der Waals surface area contributed by atoms with Crippen molar-refractivity contribution in [2.75, 3.05) is 12.4 Å². The lowest BCUT2D eigenvalue weighted by Crippen LogP contribution is -2.36. The third-order valence-corrected chi connectivity index (χ3v) is 11.6. The minimum Gasteiger partial charge on any atom is -0.281 e. The van der Waals surface area contributed by atoms with Crippen LogP contribution in [0.2, 0.25) is 18.1 Å². The molecular formula is C17H25BrN4SSi. The maximum Gasteiger partial charge on any atom is 0.138 e. The van der Waals surface area contributed by atoms with Gasteiger partial charge in [0.1, 0.15) is 12.7 Å². The highest BCUT2D eigenvalue weighted by molar-refractivity contribution is 9.10. The van der Waals surface area contributed by atoms with Crippen LogP contribution in [0.5, 0.6) is 0 Å². The van der Waals surface area contributed by atoms with Crippen molar-refractivity contribution in [2.45, 2.75) is 38.9 Å². The summed E-state index contributed by atoms with van der Waals surface area (Å²) in [7, 11) is -1.23. The highest BCUT2D eigenvalue weighted by Gasteiger charge is 2.26. The summed E-state index contributed by atoms with van der Waals surface area (Å²) in [6.45, 7) is 6.99. The zero-order valence-corrected chi connectivity index (χ0v) is 18.2. The molecule has 0 unspecified atom stereocenters. The summed E-state index contributed by atoms with van der Waals surface area (Å²) >= 11 is 5.38. The maximum atomic E-state index is 5.02. The van der Waals surface area contributed by atoms with Gasteiger partial charge in [0.15, 0.2) is 0 Å². The summed E-state index contributed by atoms with van der Waals surface area (Å²) in [6, 6.07) is 10.2. The Morgan fingerprint density at radius 3 is 2.46 bits per heavy atom. The first-order chi connectivity index (χ1) is 11.6. The van der Waals surface area contributed by atoms with Gasteiger partial charge in [-0.05, 0) is 34.3 Å². The lowest BCUT2D eigenvalue weighted by Gasteiger charge is -2.26. The zero-order chi connectivity index (χ0) is 17.6. The fraction of sp³-hybridized carbons (Fsp3) is 0.471. The Kier molecular flexibility index (Phi) is 7.25. The van der Waals surface area contributed by atoms with Gasteiger partial charge < -0.3 is 0 Å². The summed E-state index contributed by atoms with van der Waals surface area (Å²) in [5.41, 5.74) is 2.14. The smallest absolute Gasteiger partial charge is 0.138 e. The third kappa shape index (κ3) is 4.37. The van der Waals surface area contributed by atoms with E-state index in [1.165, 1.54) is 18.1 Å². The molecule has 7 heteroatoms. The molecule has 1 aromatic carbocycles. The number of halogens is 1. The molecule has 0 aliphatic rings. The van der Waals surface area contributed by atoms with Crippen molar-refractivity contribution >= 4 is 40.8 Å². The number of aliphatic imine (C=N–C) groups is 1. The van der Waals surface area contributed by atoms with Crippen molar-refractivity contribution in [1.82, 2.24) is 14.8 Å². The molecule has 0 radical (unpaired) electrons. The summed E-state index contributed by atoms with van der Waals surface area (Å²) in [4.78, 5) is 9.02. The monoisotopic (exact) mass is 424 g/mol. The molecule has 1 heterocycles. The second-order valence-electron chi connectivity index (χ2n) is 5.89. The topological polar surface area (TPSA) is 43.1 Å². The second kappa shape index (κ2) is 8.96. The van der Waals surface area contributed by atoms with E-state index < -0.39 is 8.07 Å². The van der Waals surface area contributed by atoms with E-state index in [1.807, 2.05) is 0 Å². The molecule has 1 aromatic heterocycles. The first kappa shape index (κ1) is 19.4. The molecule has 0 saturated carbocycles.